The Morgan fingerprint density at radius 3 is 2.64 bits per heavy atom. The normalized spacial score (nSPS) is 54.4. The Morgan fingerprint density at radius 1 is 1.24 bits per heavy atom. The molecule has 4 aliphatic carbocycles. The summed E-state index contributed by atoms with van der Waals surface area (Å²) < 4.78 is 5.93. The fraction of sp³-hybridized carbons (Fsp3) is 0.955. The van der Waals surface area contributed by atoms with Crippen molar-refractivity contribution in [3.8, 4) is 0 Å². The van der Waals surface area contributed by atoms with Gasteiger partial charge in [0.25, 0.3) is 0 Å². The standard InChI is InChI=1S/C22H36O3/c1-5-6-9-20(3)13-17(23)22-12-15(22)7-10-21(14(2)19(20)24)11-8-16(25-4)18(21)22/h14-18,23H,5-13H2,1-4H3/t14-,15-,16+,17+,18?,20+,21?,22-/m0/s1. The summed E-state index contributed by atoms with van der Waals surface area (Å²) in [5.74, 6) is 1.57. The number of carbonyl (C=O) groups excluding carboxylic acids is 1. The number of aliphatic hydroxyl groups is 1. The third kappa shape index (κ3) is 2.21. The van der Waals surface area contributed by atoms with Gasteiger partial charge in [0.2, 0.25) is 0 Å². The highest BCUT2D eigenvalue weighted by atomic mass is 16.5. The van der Waals surface area contributed by atoms with Crippen LogP contribution in [0.4, 0.5) is 0 Å². The molecule has 4 saturated carbocycles. The molecule has 0 aromatic carbocycles. The van der Waals surface area contributed by atoms with Crippen molar-refractivity contribution in [3.05, 3.63) is 0 Å². The SMILES string of the molecule is CCCC[C@]1(C)C[C@@H](O)[C@]23C[C@@H]2CCC2(CC[C@@H](OC)C23)[C@@H](C)C1=O. The van der Waals surface area contributed by atoms with Crippen LogP contribution in [0.15, 0.2) is 0 Å². The van der Waals surface area contributed by atoms with Crippen LogP contribution in [0.1, 0.15) is 78.6 Å². The first-order valence-corrected chi connectivity index (χ1v) is 10.6. The fourth-order valence-corrected chi connectivity index (χ4v) is 7.69. The number of Topliss-reactive ketones (excluding diaryl/α,β-unsaturated/α-hetero) is 1. The third-order valence-corrected chi connectivity index (χ3v) is 9.12. The van der Waals surface area contributed by atoms with Gasteiger partial charge >= 0.3 is 0 Å². The van der Waals surface area contributed by atoms with Crippen molar-refractivity contribution in [3.63, 3.8) is 0 Å². The van der Waals surface area contributed by atoms with Gasteiger partial charge in [-0.15, -0.1) is 0 Å². The van der Waals surface area contributed by atoms with Gasteiger partial charge in [-0.3, -0.25) is 4.79 Å². The minimum Gasteiger partial charge on any atom is -0.392 e. The van der Waals surface area contributed by atoms with Crippen molar-refractivity contribution >= 4 is 5.78 Å². The first-order valence-electron chi connectivity index (χ1n) is 10.6. The Hall–Kier alpha value is -0.410. The van der Waals surface area contributed by atoms with Gasteiger partial charge in [0.1, 0.15) is 5.78 Å². The van der Waals surface area contributed by atoms with Gasteiger partial charge in [0.05, 0.1) is 12.2 Å². The summed E-state index contributed by atoms with van der Waals surface area (Å²) in [7, 11) is 1.83. The number of aliphatic hydroxyl groups excluding tert-OH is 1. The first kappa shape index (κ1) is 18.0. The lowest BCUT2D eigenvalue weighted by molar-refractivity contribution is -0.160. The van der Waals surface area contributed by atoms with Gasteiger partial charge in [0.15, 0.2) is 0 Å². The number of hydrogen-bond donors (Lipinski definition) is 1. The number of rotatable bonds is 4. The molecule has 3 heteroatoms. The number of ketones is 1. The molecule has 3 nitrogen and oxygen atoms in total. The highest BCUT2D eigenvalue weighted by Gasteiger charge is 2.75. The molecule has 0 saturated heterocycles. The predicted octanol–water partition coefficient (Wildman–Crippen LogP) is 4.36. The molecule has 4 rings (SSSR count). The van der Waals surface area contributed by atoms with E-state index in [9.17, 15) is 9.90 Å². The second-order valence-corrected chi connectivity index (χ2v) is 10.0. The second kappa shape index (κ2) is 5.79. The molecule has 1 N–H and O–H groups in total. The molecule has 0 aromatic rings. The predicted molar refractivity (Wildman–Crippen MR) is 98.2 cm³/mol. The van der Waals surface area contributed by atoms with E-state index in [1.165, 1.54) is 6.42 Å². The zero-order valence-electron chi connectivity index (χ0n) is 16.5. The topological polar surface area (TPSA) is 46.5 Å². The number of ether oxygens (including phenoxy) is 1. The minimum absolute atomic E-state index is 0.0395. The van der Waals surface area contributed by atoms with Gasteiger partial charge in [-0.2, -0.15) is 0 Å². The Bertz CT molecular complexity index is 559. The van der Waals surface area contributed by atoms with E-state index in [0.717, 1.165) is 44.9 Å². The maximum atomic E-state index is 13.7. The highest BCUT2D eigenvalue weighted by molar-refractivity contribution is 5.87. The lowest BCUT2D eigenvalue weighted by Gasteiger charge is -2.54. The van der Waals surface area contributed by atoms with Gasteiger partial charge in [-0.1, -0.05) is 33.6 Å². The lowest BCUT2D eigenvalue weighted by Crippen LogP contribution is -2.56. The van der Waals surface area contributed by atoms with Crippen molar-refractivity contribution in [2.45, 2.75) is 90.8 Å². The third-order valence-electron chi connectivity index (χ3n) is 9.12. The number of unbranched alkanes of at least 4 members (excludes halogenated alkanes) is 1. The van der Waals surface area contributed by atoms with Crippen molar-refractivity contribution < 1.29 is 14.6 Å². The molecule has 2 unspecified atom stereocenters. The summed E-state index contributed by atoms with van der Waals surface area (Å²) in [5, 5.41) is 11.4. The molecule has 4 fully saturated rings. The molecule has 0 aromatic heterocycles. The lowest BCUT2D eigenvalue weighted by atomic mass is 9.50. The second-order valence-electron chi connectivity index (χ2n) is 10.0. The first-order chi connectivity index (χ1) is 11.9. The van der Waals surface area contributed by atoms with Crippen LogP contribution in [0.2, 0.25) is 0 Å². The van der Waals surface area contributed by atoms with E-state index in [1.54, 1.807) is 0 Å². The molecular weight excluding hydrogens is 312 g/mol. The Morgan fingerprint density at radius 2 is 1.96 bits per heavy atom. The van der Waals surface area contributed by atoms with Gasteiger partial charge in [0, 0.05) is 23.9 Å². The molecule has 0 aliphatic heterocycles. The van der Waals surface area contributed by atoms with E-state index in [-0.39, 0.29) is 34.4 Å². The van der Waals surface area contributed by atoms with E-state index >= 15 is 0 Å². The summed E-state index contributed by atoms with van der Waals surface area (Å²) in [6.07, 6.45) is 9.36. The molecule has 0 amide bonds. The maximum absolute atomic E-state index is 13.7. The zero-order valence-corrected chi connectivity index (χ0v) is 16.5. The van der Waals surface area contributed by atoms with Crippen molar-refractivity contribution in [1.29, 1.82) is 0 Å². The van der Waals surface area contributed by atoms with E-state index in [2.05, 4.69) is 20.8 Å². The molecule has 0 heterocycles. The van der Waals surface area contributed by atoms with Crippen LogP contribution in [0, 0.1) is 34.0 Å². The van der Waals surface area contributed by atoms with Crippen LogP contribution in [-0.4, -0.2) is 30.2 Å². The van der Waals surface area contributed by atoms with Gasteiger partial charge in [-0.05, 0) is 62.2 Å². The number of carbonyl (C=O) groups is 1. The van der Waals surface area contributed by atoms with E-state index in [0.29, 0.717) is 24.0 Å². The van der Waals surface area contributed by atoms with Crippen molar-refractivity contribution in [1.82, 2.24) is 0 Å². The summed E-state index contributed by atoms with van der Waals surface area (Å²) in [6, 6.07) is 0. The van der Waals surface area contributed by atoms with E-state index < -0.39 is 0 Å². The summed E-state index contributed by atoms with van der Waals surface area (Å²) in [5.41, 5.74) is -0.243. The summed E-state index contributed by atoms with van der Waals surface area (Å²) in [4.78, 5) is 13.7. The molecule has 25 heavy (non-hydrogen) atoms. The van der Waals surface area contributed by atoms with Crippen molar-refractivity contribution in [2.75, 3.05) is 7.11 Å². The summed E-state index contributed by atoms with van der Waals surface area (Å²) >= 11 is 0. The smallest absolute Gasteiger partial charge is 0.142 e. The molecule has 142 valence electrons. The van der Waals surface area contributed by atoms with E-state index in [1.807, 2.05) is 7.11 Å². The molecule has 4 aliphatic rings. The average molecular weight is 349 g/mol. The van der Waals surface area contributed by atoms with Crippen LogP contribution >= 0.6 is 0 Å². The maximum Gasteiger partial charge on any atom is 0.142 e. The van der Waals surface area contributed by atoms with Gasteiger partial charge < -0.3 is 9.84 Å². The Balaban J connectivity index is 1.79. The largest absolute Gasteiger partial charge is 0.392 e. The highest BCUT2D eigenvalue weighted by Crippen LogP contribution is 2.77. The van der Waals surface area contributed by atoms with Crippen LogP contribution in [-0.2, 0) is 9.53 Å². The Labute approximate surface area is 152 Å². The van der Waals surface area contributed by atoms with Crippen LogP contribution in [0.3, 0.4) is 0 Å². The molecular formula is C22H36O3. The average Bonchev–Trinajstić information content (AvgIpc) is 3.24. The molecule has 1 spiro atoms. The van der Waals surface area contributed by atoms with Gasteiger partial charge in [-0.25, -0.2) is 0 Å². The van der Waals surface area contributed by atoms with E-state index in [4.69, 9.17) is 4.74 Å². The molecule has 2 bridgehead atoms. The fourth-order valence-electron chi connectivity index (χ4n) is 7.69. The number of hydrogen-bond acceptors (Lipinski definition) is 3. The van der Waals surface area contributed by atoms with Crippen LogP contribution < -0.4 is 0 Å². The Kier molecular flexibility index (Phi) is 4.16. The van der Waals surface area contributed by atoms with Crippen molar-refractivity contribution in [2.24, 2.45) is 34.0 Å². The van der Waals surface area contributed by atoms with Crippen LogP contribution in [0.5, 0.6) is 0 Å². The summed E-state index contributed by atoms with van der Waals surface area (Å²) in [6.45, 7) is 6.55. The van der Waals surface area contributed by atoms with Crippen LogP contribution in [0.25, 0.3) is 0 Å². The minimum atomic E-state index is -0.352. The molecule has 0 radical (unpaired) electrons. The zero-order chi connectivity index (χ0) is 18.0. The quantitative estimate of drug-likeness (QED) is 0.821. The number of methoxy groups -OCH3 is 1. The molecule has 8 atom stereocenters. The monoisotopic (exact) mass is 348 g/mol.